The van der Waals surface area contributed by atoms with E-state index in [1.165, 1.54) is 19.2 Å². The highest BCUT2D eigenvalue weighted by Gasteiger charge is 2.21. The van der Waals surface area contributed by atoms with Crippen molar-refractivity contribution >= 4 is 35.1 Å². The summed E-state index contributed by atoms with van der Waals surface area (Å²) in [6, 6.07) is 7.86. The number of benzene rings is 2. The van der Waals surface area contributed by atoms with E-state index in [2.05, 4.69) is 10.1 Å². The van der Waals surface area contributed by atoms with E-state index < -0.39 is 46.8 Å². The van der Waals surface area contributed by atoms with Gasteiger partial charge in [0.05, 0.1) is 29.7 Å². The maximum Gasteiger partial charge on any atom is 0.338 e. The number of ether oxygens (including phenoxy) is 2. The zero-order valence-corrected chi connectivity index (χ0v) is 17.0. The molecule has 2 aromatic rings. The minimum Gasteiger partial charge on any atom is -0.465 e. The molecule has 11 nitrogen and oxygen atoms in total. The largest absolute Gasteiger partial charge is 0.465 e. The number of likely N-dealkylation sites (N-methyl/N-ethyl adjacent to an activating group) is 1. The quantitative estimate of drug-likeness (QED) is 0.366. The third-order valence-electron chi connectivity index (χ3n) is 4.05. The number of carbonyl (C=O) groups is 4. The Labute approximate surface area is 180 Å². The topological polar surface area (TPSA) is 145 Å². The van der Waals surface area contributed by atoms with E-state index in [1.807, 2.05) is 0 Å². The fourth-order valence-electron chi connectivity index (χ4n) is 2.43. The van der Waals surface area contributed by atoms with Gasteiger partial charge in [-0.15, -0.1) is 0 Å². The molecule has 0 aliphatic rings. The lowest BCUT2D eigenvalue weighted by Crippen LogP contribution is -2.37. The lowest BCUT2D eigenvalue weighted by molar-refractivity contribution is -0.384. The first kappa shape index (κ1) is 23.9. The van der Waals surface area contributed by atoms with Gasteiger partial charge < -0.3 is 19.7 Å². The van der Waals surface area contributed by atoms with Gasteiger partial charge in [-0.05, 0) is 30.3 Å². The molecule has 0 aromatic heterocycles. The first-order valence-corrected chi connectivity index (χ1v) is 8.95. The zero-order chi connectivity index (χ0) is 23.8. The third-order valence-corrected chi connectivity index (χ3v) is 4.05. The van der Waals surface area contributed by atoms with Gasteiger partial charge in [-0.25, -0.2) is 14.0 Å². The number of nitrogens with zero attached hydrogens (tertiary/aromatic N) is 2. The summed E-state index contributed by atoms with van der Waals surface area (Å²) in [5.41, 5.74) is -0.782. The van der Waals surface area contributed by atoms with Crippen molar-refractivity contribution in [2.45, 2.75) is 0 Å². The lowest BCUT2D eigenvalue weighted by atomic mass is 10.1. The molecule has 0 aliphatic heterocycles. The summed E-state index contributed by atoms with van der Waals surface area (Å²) < 4.78 is 22.2. The second-order valence-corrected chi connectivity index (χ2v) is 6.40. The van der Waals surface area contributed by atoms with Gasteiger partial charge in [0.15, 0.2) is 6.61 Å². The van der Waals surface area contributed by atoms with Crippen molar-refractivity contribution in [3.05, 3.63) is 69.5 Å². The van der Waals surface area contributed by atoms with Crippen LogP contribution in [0.2, 0.25) is 0 Å². The Morgan fingerprint density at radius 2 is 1.66 bits per heavy atom. The summed E-state index contributed by atoms with van der Waals surface area (Å²) in [4.78, 5) is 59.2. The van der Waals surface area contributed by atoms with Gasteiger partial charge in [0.25, 0.3) is 11.6 Å². The van der Waals surface area contributed by atoms with Gasteiger partial charge in [-0.3, -0.25) is 19.7 Å². The van der Waals surface area contributed by atoms with Crippen LogP contribution in [0.1, 0.15) is 20.7 Å². The zero-order valence-electron chi connectivity index (χ0n) is 17.0. The number of hydrogen-bond donors (Lipinski definition) is 1. The fourth-order valence-corrected chi connectivity index (χ4v) is 2.43. The van der Waals surface area contributed by atoms with Crippen molar-refractivity contribution < 1.29 is 38.0 Å². The molecule has 0 bridgehead atoms. The highest BCUT2D eigenvalue weighted by Crippen LogP contribution is 2.19. The van der Waals surface area contributed by atoms with Gasteiger partial charge in [-0.1, -0.05) is 0 Å². The van der Waals surface area contributed by atoms with Crippen molar-refractivity contribution in [3.8, 4) is 0 Å². The molecule has 2 amide bonds. The monoisotopic (exact) mass is 447 g/mol. The molecule has 0 heterocycles. The van der Waals surface area contributed by atoms with Gasteiger partial charge in [-0.2, -0.15) is 0 Å². The molecule has 0 spiro atoms. The SMILES string of the molecule is COC(=O)c1cc(C(=O)OCC(=O)N(C)CC(=O)Nc2ccc(F)cc2)cc([N+](=O)[O-])c1. The Bertz CT molecular complexity index is 1060. The van der Waals surface area contributed by atoms with E-state index in [9.17, 15) is 33.7 Å². The lowest BCUT2D eigenvalue weighted by Gasteiger charge is -2.17. The molecule has 0 radical (unpaired) electrons. The number of non-ortho nitro benzene ring substituents is 1. The first-order valence-electron chi connectivity index (χ1n) is 8.95. The van der Waals surface area contributed by atoms with Crippen LogP contribution in [0.25, 0.3) is 0 Å². The summed E-state index contributed by atoms with van der Waals surface area (Å²) >= 11 is 0. The Balaban J connectivity index is 1.96. The summed E-state index contributed by atoms with van der Waals surface area (Å²) in [5, 5.41) is 13.5. The van der Waals surface area contributed by atoms with E-state index in [4.69, 9.17) is 4.74 Å². The molecule has 0 unspecified atom stereocenters. The molecular formula is C20H18FN3O8. The fraction of sp³-hybridized carbons (Fsp3) is 0.200. The molecule has 0 saturated carbocycles. The Kier molecular flexibility index (Phi) is 7.93. The highest BCUT2D eigenvalue weighted by molar-refractivity contribution is 5.98. The number of amides is 2. The Morgan fingerprint density at radius 1 is 1.06 bits per heavy atom. The standard InChI is InChI=1S/C20H18FN3O8/c1-23(10-17(25)22-15-5-3-14(21)4-6-15)18(26)11-32-20(28)13-7-12(19(27)31-2)8-16(9-13)24(29)30/h3-9H,10-11H2,1-2H3,(H,22,25). The molecule has 2 rings (SSSR count). The summed E-state index contributed by atoms with van der Waals surface area (Å²) in [7, 11) is 2.36. The summed E-state index contributed by atoms with van der Waals surface area (Å²) in [5.74, 6) is -3.76. The molecule has 168 valence electrons. The van der Waals surface area contributed by atoms with Crippen molar-refractivity contribution in [2.24, 2.45) is 0 Å². The summed E-state index contributed by atoms with van der Waals surface area (Å²) in [6.45, 7) is -1.13. The van der Waals surface area contributed by atoms with E-state index in [-0.39, 0.29) is 17.7 Å². The van der Waals surface area contributed by atoms with Crippen LogP contribution in [-0.2, 0) is 19.1 Å². The number of carbonyl (C=O) groups excluding carboxylic acids is 4. The Morgan fingerprint density at radius 3 is 2.22 bits per heavy atom. The van der Waals surface area contributed by atoms with Crippen LogP contribution in [-0.4, -0.2) is 60.9 Å². The average Bonchev–Trinajstić information content (AvgIpc) is 2.77. The highest BCUT2D eigenvalue weighted by atomic mass is 19.1. The predicted molar refractivity (Wildman–Crippen MR) is 107 cm³/mol. The number of nitrogens with one attached hydrogen (secondary N) is 1. The van der Waals surface area contributed by atoms with Crippen LogP contribution in [0.4, 0.5) is 15.8 Å². The van der Waals surface area contributed by atoms with Gasteiger partial charge >= 0.3 is 11.9 Å². The first-order chi connectivity index (χ1) is 15.1. The number of methoxy groups -OCH3 is 1. The number of nitro benzene ring substituents is 1. The number of esters is 2. The van der Waals surface area contributed by atoms with Crippen molar-refractivity contribution in [2.75, 3.05) is 32.6 Å². The van der Waals surface area contributed by atoms with Gasteiger partial charge in [0.2, 0.25) is 5.91 Å². The minimum atomic E-state index is -1.09. The number of rotatable bonds is 8. The van der Waals surface area contributed by atoms with E-state index in [0.29, 0.717) is 5.69 Å². The second-order valence-electron chi connectivity index (χ2n) is 6.40. The van der Waals surface area contributed by atoms with E-state index in [1.54, 1.807) is 0 Å². The van der Waals surface area contributed by atoms with Crippen LogP contribution in [0.15, 0.2) is 42.5 Å². The van der Waals surface area contributed by atoms with Crippen LogP contribution >= 0.6 is 0 Å². The molecule has 32 heavy (non-hydrogen) atoms. The van der Waals surface area contributed by atoms with Crippen LogP contribution in [0.3, 0.4) is 0 Å². The van der Waals surface area contributed by atoms with Crippen molar-refractivity contribution in [1.82, 2.24) is 4.90 Å². The number of nitro groups is 1. The molecule has 0 saturated heterocycles. The van der Waals surface area contributed by atoms with Crippen LogP contribution in [0.5, 0.6) is 0 Å². The van der Waals surface area contributed by atoms with Crippen molar-refractivity contribution in [3.63, 3.8) is 0 Å². The third kappa shape index (κ3) is 6.58. The van der Waals surface area contributed by atoms with Gasteiger partial charge in [0.1, 0.15) is 5.82 Å². The van der Waals surface area contributed by atoms with E-state index >= 15 is 0 Å². The van der Waals surface area contributed by atoms with E-state index in [0.717, 1.165) is 42.3 Å². The maximum absolute atomic E-state index is 12.9. The molecule has 0 fully saturated rings. The Hall–Kier alpha value is -4.35. The molecule has 12 heteroatoms. The van der Waals surface area contributed by atoms with Crippen LogP contribution < -0.4 is 5.32 Å². The van der Waals surface area contributed by atoms with Crippen molar-refractivity contribution in [1.29, 1.82) is 0 Å². The molecule has 0 atom stereocenters. The molecule has 0 aliphatic carbocycles. The van der Waals surface area contributed by atoms with Gasteiger partial charge in [0, 0.05) is 24.9 Å². The normalized spacial score (nSPS) is 10.1. The molecule has 2 aromatic carbocycles. The number of hydrogen-bond acceptors (Lipinski definition) is 8. The predicted octanol–water partition coefficient (Wildman–Crippen LogP) is 1.77. The maximum atomic E-state index is 12.9. The number of halogens is 1. The second kappa shape index (κ2) is 10.6. The number of anilines is 1. The summed E-state index contributed by atoms with van der Waals surface area (Å²) in [6.07, 6.45) is 0. The van der Waals surface area contributed by atoms with Crippen LogP contribution in [0, 0.1) is 15.9 Å². The average molecular weight is 447 g/mol. The molecular weight excluding hydrogens is 429 g/mol. The minimum absolute atomic E-state index is 0.241. The smallest absolute Gasteiger partial charge is 0.338 e. The molecule has 1 N–H and O–H groups in total.